The average molecular weight is 638 g/mol. The highest BCUT2D eigenvalue weighted by molar-refractivity contribution is 8.93. The van der Waals surface area contributed by atoms with Gasteiger partial charge in [-0.25, -0.2) is 4.39 Å². The van der Waals surface area contributed by atoms with Crippen LogP contribution in [0.1, 0.15) is 89.5 Å². The Morgan fingerprint density at radius 1 is 0.925 bits per heavy atom. The summed E-state index contributed by atoms with van der Waals surface area (Å²) in [5, 5.41) is 4.94. The van der Waals surface area contributed by atoms with E-state index in [0.717, 1.165) is 30.8 Å². The summed E-state index contributed by atoms with van der Waals surface area (Å²) in [5.41, 5.74) is 1.82. The predicted molar refractivity (Wildman–Crippen MR) is 171 cm³/mol. The number of amides is 1. The summed E-state index contributed by atoms with van der Waals surface area (Å²) in [6, 6.07) is 12.3. The van der Waals surface area contributed by atoms with Crippen LogP contribution in [0.3, 0.4) is 0 Å². The summed E-state index contributed by atoms with van der Waals surface area (Å²) in [6.45, 7) is 3.24. The molecule has 0 atom stereocenters. The number of para-hydroxylation sites is 1. The molecule has 0 spiro atoms. The van der Waals surface area contributed by atoms with Gasteiger partial charge in [-0.2, -0.15) is 0 Å². The molecule has 0 aliphatic carbocycles. The molecule has 2 aromatic carbocycles. The summed E-state index contributed by atoms with van der Waals surface area (Å²) in [6.07, 6.45) is 17.2. The maximum Gasteiger partial charge on any atom is 0.262 e. The summed E-state index contributed by atoms with van der Waals surface area (Å²) < 4.78 is 25.9. The third-order valence-corrected chi connectivity index (χ3v) is 7.53. The molecule has 0 aromatic heterocycles. The molecule has 0 unspecified atom stereocenters. The van der Waals surface area contributed by atoms with Crippen LogP contribution in [0.2, 0.25) is 0 Å². The quantitative estimate of drug-likeness (QED) is 0.147. The van der Waals surface area contributed by atoms with Crippen molar-refractivity contribution in [2.75, 3.05) is 24.4 Å². The predicted octanol–water partition coefficient (Wildman–Crippen LogP) is 9.48. The Hall–Kier alpha value is -2.19. The third kappa shape index (κ3) is 13.4. The zero-order valence-electron chi connectivity index (χ0n) is 23.9. The van der Waals surface area contributed by atoms with Gasteiger partial charge in [0.25, 0.3) is 5.91 Å². The monoisotopic (exact) mass is 636 g/mol. The molecule has 5 nitrogen and oxygen atoms in total. The Kier molecular flexibility index (Phi) is 17.6. The van der Waals surface area contributed by atoms with E-state index in [9.17, 15) is 9.18 Å². The smallest absolute Gasteiger partial charge is 0.262 e. The van der Waals surface area contributed by atoms with E-state index in [0.29, 0.717) is 12.3 Å². The van der Waals surface area contributed by atoms with Gasteiger partial charge < -0.3 is 19.7 Å². The Morgan fingerprint density at radius 2 is 1.60 bits per heavy atom. The van der Waals surface area contributed by atoms with E-state index in [1.54, 1.807) is 23.9 Å². The highest BCUT2D eigenvalue weighted by atomic mass is 79.9. The van der Waals surface area contributed by atoms with Crippen LogP contribution in [0.25, 0.3) is 0 Å². The number of anilines is 1. The number of hydrogen-bond donors (Lipinski definition) is 1. The second kappa shape index (κ2) is 20.7. The Balaban J connectivity index is 0.00000560. The molecule has 2 aromatic rings. The third-order valence-electron chi connectivity index (χ3n) is 6.74. The fraction of sp³-hybridized carbons (Fsp3) is 0.531. The van der Waals surface area contributed by atoms with Crippen molar-refractivity contribution in [3.05, 3.63) is 65.5 Å². The molecule has 1 aliphatic heterocycles. The zero-order chi connectivity index (χ0) is 27.5. The molecule has 222 valence electrons. The summed E-state index contributed by atoms with van der Waals surface area (Å²) in [4.78, 5) is 14.7. The van der Waals surface area contributed by atoms with Crippen LogP contribution in [0.5, 0.6) is 11.5 Å². The number of thioether (sulfide) groups is 1. The first-order chi connectivity index (χ1) is 19.2. The molecule has 0 radical (unpaired) electrons. The maximum atomic E-state index is 14.5. The summed E-state index contributed by atoms with van der Waals surface area (Å²) in [7, 11) is 0. The van der Waals surface area contributed by atoms with Crippen LogP contribution in [0.15, 0.2) is 54.1 Å². The summed E-state index contributed by atoms with van der Waals surface area (Å²) >= 11 is 1.76. The Morgan fingerprint density at radius 3 is 2.27 bits per heavy atom. The standard InChI is InChI=1S/C32H45FN2O3S.BrH/c1-2-3-4-5-6-7-8-9-10-11-12-13-21-37-32-29(33)18-15-19-30(32)38-25-31(36)34-28-17-14-16-27(23-28)24-35-20-22-39-26-35;/h14-20,22-23H,2-13,21,24-26H2,1H3,(H,34,36);1H. The number of nitrogens with zero attached hydrogens (tertiary/aromatic N) is 1. The fourth-order valence-electron chi connectivity index (χ4n) is 4.59. The number of hydrogen-bond acceptors (Lipinski definition) is 5. The van der Waals surface area contributed by atoms with Crippen LogP contribution in [-0.4, -0.2) is 29.9 Å². The fourth-order valence-corrected chi connectivity index (χ4v) is 5.30. The van der Waals surface area contributed by atoms with E-state index in [1.165, 1.54) is 70.3 Å². The van der Waals surface area contributed by atoms with E-state index in [1.807, 2.05) is 24.3 Å². The minimum Gasteiger partial charge on any atom is -0.487 e. The number of carbonyl (C=O) groups excluding carboxylic acids is 1. The van der Waals surface area contributed by atoms with Gasteiger partial charge in [-0.3, -0.25) is 4.79 Å². The minimum absolute atomic E-state index is 0. The molecule has 0 bridgehead atoms. The topological polar surface area (TPSA) is 50.8 Å². The Labute approximate surface area is 255 Å². The van der Waals surface area contributed by atoms with Crippen LogP contribution in [0, 0.1) is 5.82 Å². The number of ether oxygens (including phenoxy) is 2. The number of unbranched alkanes of at least 4 members (excludes halogenated alkanes) is 11. The van der Waals surface area contributed by atoms with Crippen molar-refractivity contribution in [2.45, 2.75) is 90.5 Å². The van der Waals surface area contributed by atoms with Gasteiger partial charge >= 0.3 is 0 Å². The molecule has 0 saturated carbocycles. The lowest BCUT2D eigenvalue weighted by Crippen LogP contribution is -2.20. The normalized spacial score (nSPS) is 12.3. The lowest BCUT2D eigenvalue weighted by atomic mass is 10.1. The molecule has 3 rings (SSSR count). The van der Waals surface area contributed by atoms with Crippen molar-refractivity contribution in [3.8, 4) is 11.5 Å². The van der Waals surface area contributed by atoms with Gasteiger partial charge in [0.15, 0.2) is 23.9 Å². The molecule has 40 heavy (non-hydrogen) atoms. The molecular formula is C32H46BrFN2O3S. The zero-order valence-corrected chi connectivity index (χ0v) is 26.4. The van der Waals surface area contributed by atoms with E-state index in [2.05, 4.69) is 28.7 Å². The van der Waals surface area contributed by atoms with Crippen molar-refractivity contribution < 1.29 is 18.7 Å². The average Bonchev–Trinajstić information content (AvgIpc) is 3.44. The minimum atomic E-state index is -0.478. The molecule has 1 heterocycles. The van der Waals surface area contributed by atoms with E-state index < -0.39 is 5.82 Å². The van der Waals surface area contributed by atoms with Crippen molar-refractivity contribution in [2.24, 2.45) is 0 Å². The van der Waals surface area contributed by atoms with Crippen LogP contribution < -0.4 is 14.8 Å². The van der Waals surface area contributed by atoms with Gasteiger partial charge in [0, 0.05) is 18.4 Å². The molecule has 0 saturated heterocycles. The second-order valence-corrected chi connectivity index (χ2v) is 11.0. The molecule has 1 aliphatic rings. The maximum absolute atomic E-state index is 14.5. The lowest BCUT2D eigenvalue weighted by Gasteiger charge is -2.16. The summed E-state index contributed by atoms with van der Waals surface area (Å²) in [5.74, 6) is 0.471. The van der Waals surface area contributed by atoms with Crippen LogP contribution >= 0.6 is 28.7 Å². The first-order valence-electron chi connectivity index (χ1n) is 14.6. The number of halogens is 2. The number of rotatable bonds is 20. The SMILES string of the molecule is Br.CCCCCCCCCCCCCCOc1c(F)cccc1OCC(=O)Nc1cccc(CN2C=CSC2)c1. The van der Waals surface area contributed by atoms with Crippen LogP contribution in [-0.2, 0) is 11.3 Å². The molecular weight excluding hydrogens is 591 g/mol. The van der Waals surface area contributed by atoms with Gasteiger partial charge in [-0.1, -0.05) is 95.8 Å². The van der Waals surface area contributed by atoms with E-state index in [-0.39, 0.29) is 41.0 Å². The number of carbonyl (C=O) groups is 1. The van der Waals surface area contributed by atoms with Gasteiger partial charge in [-0.05, 0) is 41.7 Å². The van der Waals surface area contributed by atoms with Gasteiger partial charge in [-0.15, -0.1) is 28.7 Å². The number of nitrogens with one attached hydrogen (secondary N) is 1. The lowest BCUT2D eigenvalue weighted by molar-refractivity contribution is -0.118. The van der Waals surface area contributed by atoms with E-state index in [4.69, 9.17) is 9.47 Å². The first kappa shape index (κ1) is 34.0. The molecule has 8 heteroatoms. The second-order valence-electron chi connectivity index (χ2n) is 10.2. The Bertz CT molecular complexity index is 1020. The van der Waals surface area contributed by atoms with Crippen molar-refractivity contribution in [1.29, 1.82) is 0 Å². The van der Waals surface area contributed by atoms with Crippen LogP contribution in [0.4, 0.5) is 10.1 Å². The van der Waals surface area contributed by atoms with Crippen molar-refractivity contribution >= 4 is 40.3 Å². The largest absolute Gasteiger partial charge is 0.487 e. The number of benzene rings is 2. The first-order valence-corrected chi connectivity index (χ1v) is 15.7. The molecule has 1 N–H and O–H groups in total. The van der Waals surface area contributed by atoms with E-state index >= 15 is 0 Å². The van der Waals surface area contributed by atoms with Crippen molar-refractivity contribution in [1.82, 2.24) is 4.90 Å². The van der Waals surface area contributed by atoms with Gasteiger partial charge in [0.05, 0.1) is 12.5 Å². The highest BCUT2D eigenvalue weighted by Gasteiger charge is 2.14. The highest BCUT2D eigenvalue weighted by Crippen LogP contribution is 2.30. The molecule has 1 amide bonds. The molecule has 0 fully saturated rings. The van der Waals surface area contributed by atoms with Gasteiger partial charge in [0.2, 0.25) is 0 Å². The van der Waals surface area contributed by atoms with Crippen molar-refractivity contribution in [3.63, 3.8) is 0 Å². The van der Waals surface area contributed by atoms with Gasteiger partial charge in [0.1, 0.15) is 0 Å².